The molecule has 1 amide bonds. The molecule has 0 fully saturated rings. The Bertz CT molecular complexity index is 1500. The summed E-state index contributed by atoms with van der Waals surface area (Å²) in [5.74, 6) is 0.510. The fourth-order valence-electron chi connectivity index (χ4n) is 3.63. The number of ether oxygens (including phenoxy) is 1. The SMILES string of the molecule is CNC(=O)c1coc2cc(Oc3ccnc(Nc4cccc(S(=O)(=O)CN(C)CCCO)c4)n3)ccc12. The molecule has 12 heteroatoms. The Morgan fingerprint density at radius 3 is 2.81 bits per heavy atom. The summed E-state index contributed by atoms with van der Waals surface area (Å²) in [5, 5.41) is 15.2. The molecule has 0 saturated carbocycles. The molecule has 0 aliphatic rings. The van der Waals surface area contributed by atoms with Gasteiger partial charge in [-0.15, -0.1) is 0 Å². The van der Waals surface area contributed by atoms with Crippen LogP contribution in [0.1, 0.15) is 16.8 Å². The molecule has 0 saturated heterocycles. The number of aliphatic hydroxyl groups is 1. The predicted octanol–water partition coefficient (Wildman–Crippen LogP) is 3.16. The maximum Gasteiger partial charge on any atom is 0.254 e. The van der Waals surface area contributed by atoms with E-state index in [1.54, 1.807) is 55.4 Å². The van der Waals surface area contributed by atoms with Gasteiger partial charge in [-0.05, 0) is 43.8 Å². The number of carbonyl (C=O) groups is 1. The smallest absolute Gasteiger partial charge is 0.254 e. The molecule has 0 bridgehead atoms. The fraction of sp³-hybridized carbons (Fsp3) is 0.240. The minimum atomic E-state index is -3.57. The largest absolute Gasteiger partial charge is 0.463 e. The Labute approximate surface area is 214 Å². The van der Waals surface area contributed by atoms with Gasteiger partial charge in [-0.3, -0.25) is 9.69 Å². The monoisotopic (exact) mass is 525 g/mol. The Kier molecular flexibility index (Phi) is 8.01. The van der Waals surface area contributed by atoms with Gasteiger partial charge in [0.25, 0.3) is 5.91 Å². The van der Waals surface area contributed by atoms with Gasteiger partial charge < -0.3 is 24.9 Å². The first-order valence-corrected chi connectivity index (χ1v) is 13.1. The van der Waals surface area contributed by atoms with E-state index < -0.39 is 9.84 Å². The number of fused-ring (bicyclic) bond motifs is 1. The van der Waals surface area contributed by atoms with Crippen LogP contribution in [0.2, 0.25) is 0 Å². The Morgan fingerprint density at radius 2 is 2.03 bits per heavy atom. The van der Waals surface area contributed by atoms with Crippen molar-refractivity contribution in [2.24, 2.45) is 0 Å². The van der Waals surface area contributed by atoms with Crippen molar-refractivity contribution in [2.45, 2.75) is 11.3 Å². The van der Waals surface area contributed by atoms with Crippen LogP contribution in [0.15, 0.2) is 70.3 Å². The van der Waals surface area contributed by atoms with Gasteiger partial charge in [0.15, 0.2) is 9.84 Å². The second kappa shape index (κ2) is 11.4. The van der Waals surface area contributed by atoms with Gasteiger partial charge in [0, 0.05) is 49.6 Å². The van der Waals surface area contributed by atoms with Crippen molar-refractivity contribution in [3.8, 4) is 11.6 Å². The molecule has 0 atom stereocenters. The molecule has 37 heavy (non-hydrogen) atoms. The van der Waals surface area contributed by atoms with Crippen LogP contribution in [0, 0.1) is 0 Å². The van der Waals surface area contributed by atoms with E-state index in [-0.39, 0.29) is 35.1 Å². The zero-order valence-electron chi connectivity index (χ0n) is 20.3. The number of nitrogens with one attached hydrogen (secondary N) is 2. The van der Waals surface area contributed by atoms with Crippen molar-refractivity contribution in [1.82, 2.24) is 20.2 Å². The van der Waals surface area contributed by atoms with Crippen LogP contribution < -0.4 is 15.4 Å². The van der Waals surface area contributed by atoms with Gasteiger partial charge in [-0.1, -0.05) is 6.07 Å². The van der Waals surface area contributed by atoms with Crippen LogP contribution in [0.25, 0.3) is 11.0 Å². The third-order valence-corrected chi connectivity index (χ3v) is 7.16. The summed E-state index contributed by atoms with van der Waals surface area (Å²) in [6.45, 7) is 0.471. The summed E-state index contributed by atoms with van der Waals surface area (Å²) >= 11 is 0. The number of amides is 1. The zero-order valence-corrected chi connectivity index (χ0v) is 21.2. The summed E-state index contributed by atoms with van der Waals surface area (Å²) in [6, 6.07) is 13.1. The standard InChI is InChI=1S/C25H27N5O6S/c1-26-24(32)21-15-35-22-14-18(7-8-20(21)22)36-23-9-10-27-25(29-23)28-17-5-3-6-19(13-17)37(33,34)16-30(2)11-4-12-31/h3,5-10,13-15,31H,4,11-12,16H2,1-2H3,(H,26,32)(H,27,28,29). The summed E-state index contributed by atoms with van der Waals surface area (Å²) in [4.78, 5) is 22.3. The van der Waals surface area contributed by atoms with E-state index >= 15 is 0 Å². The number of rotatable bonds is 11. The lowest BCUT2D eigenvalue weighted by Crippen LogP contribution is -2.27. The lowest BCUT2D eigenvalue weighted by atomic mass is 10.1. The van der Waals surface area contributed by atoms with Crippen molar-refractivity contribution in [2.75, 3.05) is 38.4 Å². The molecule has 11 nitrogen and oxygen atoms in total. The number of benzene rings is 2. The topological polar surface area (TPSA) is 147 Å². The number of anilines is 2. The van der Waals surface area contributed by atoms with E-state index in [2.05, 4.69) is 20.6 Å². The second-order valence-corrected chi connectivity index (χ2v) is 10.2. The number of hydrogen-bond acceptors (Lipinski definition) is 10. The van der Waals surface area contributed by atoms with Crippen LogP contribution >= 0.6 is 0 Å². The molecule has 194 valence electrons. The van der Waals surface area contributed by atoms with Crippen molar-refractivity contribution in [3.63, 3.8) is 0 Å². The molecule has 2 heterocycles. The van der Waals surface area contributed by atoms with Gasteiger partial charge >= 0.3 is 0 Å². The lowest BCUT2D eigenvalue weighted by molar-refractivity contribution is 0.0964. The van der Waals surface area contributed by atoms with Crippen molar-refractivity contribution >= 4 is 38.3 Å². The van der Waals surface area contributed by atoms with Crippen LogP contribution in [-0.4, -0.2) is 67.4 Å². The Morgan fingerprint density at radius 1 is 1.19 bits per heavy atom. The first kappa shape index (κ1) is 26.1. The van der Waals surface area contributed by atoms with Crippen LogP contribution in [-0.2, 0) is 9.84 Å². The first-order valence-electron chi connectivity index (χ1n) is 11.4. The van der Waals surface area contributed by atoms with Gasteiger partial charge in [-0.25, -0.2) is 13.4 Å². The maximum atomic E-state index is 12.8. The molecule has 0 unspecified atom stereocenters. The number of carbonyl (C=O) groups excluding carboxylic acids is 1. The number of furan rings is 1. The highest BCUT2D eigenvalue weighted by Crippen LogP contribution is 2.28. The molecule has 3 N–H and O–H groups in total. The Hall–Kier alpha value is -4.00. The molecule has 0 spiro atoms. The number of hydrogen-bond donors (Lipinski definition) is 3. The predicted molar refractivity (Wildman–Crippen MR) is 138 cm³/mol. The molecule has 2 aromatic carbocycles. The van der Waals surface area contributed by atoms with Gasteiger partial charge in [-0.2, -0.15) is 4.98 Å². The molecule has 0 radical (unpaired) electrons. The minimum absolute atomic E-state index is 0.00262. The molecule has 2 aromatic heterocycles. The highest BCUT2D eigenvalue weighted by Gasteiger charge is 2.18. The van der Waals surface area contributed by atoms with Crippen LogP contribution in [0.5, 0.6) is 11.6 Å². The van der Waals surface area contributed by atoms with E-state index in [1.807, 2.05) is 0 Å². The molecule has 0 aliphatic carbocycles. The highest BCUT2D eigenvalue weighted by atomic mass is 32.2. The minimum Gasteiger partial charge on any atom is -0.463 e. The molecule has 0 aliphatic heterocycles. The molecular weight excluding hydrogens is 498 g/mol. The van der Waals surface area contributed by atoms with Crippen molar-refractivity contribution in [1.29, 1.82) is 0 Å². The average Bonchev–Trinajstić information content (AvgIpc) is 3.30. The van der Waals surface area contributed by atoms with E-state index in [4.69, 9.17) is 14.3 Å². The molecule has 4 rings (SSSR count). The van der Waals surface area contributed by atoms with Crippen molar-refractivity contribution in [3.05, 3.63) is 66.6 Å². The third-order valence-electron chi connectivity index (χ3n) is 5.41. The van der Waals surface area contributed by atoms with Crippen LogP contribution in [0.3, 0.4) is 0 Å². The quantitative estimate of drug-likeness (QED) is 0.267. The van der Waals surface area contributed by atoms with E-state index in [0.29, 0.717) is 40.9 Å². The second-order valence-electron chi connectivity index (χ2n) is 8.26. The number of aromatic nitrogens is 2. The summed E-state index contributed by atoms with van der Waals surface area (Å²) in [5.41, 5.74) is 1.41. The van der Waals surface area contributed by atoms with E-state index in [9.17, 15) is 13.2 Å². The van der Waals surface area contributed by atoms with Gasteiger partial charge in [0.2, 0.25) is 11.8 Å². The number of sulfone groups is 1. The zero-order chi connectivity index (χ0) is 26.4. The first-order chi connectivity index (χ1) is 17.8. The average molecular weight is 526 g/mol. The fourth-order valence-corrected chi connectivity index (χ4v) is 5.08. The normalized spacial score (nSPS) is 11.6. The number of nitrogens with zero attached hydrogens (tertiary/aromatic N) is 3. The summed E-state index contributed by atoms with van der Waals surface area (Å²) in [7, 11) is -0.329. The van der Waals surface area contributed by atoms with E-state index in [0.717, 1.165) is 0 Å². The molecular formula is C25H27N5O6S. The number of aliphatic hydroxyl groups excluding tert-OH is 1. The highest BCUT2D eigenvalue weighted by molar-refractivity contribution is 7.91. The summed E-state index contributed by atoms with van der Waals surface area (Å²) in [6.07, 6.45) is 3.40. The van der Waals surface area contributed by atoms with Crippen molar-refractivity contribution < 1.29 is 27.5 Å². The maximum absolute atomic E-state index is 12.8. The van der Waals surface area contributed by atoms with E-state index in [1.165, 1.54) is 24.6 Å². The Balaban J connectivity index is 1.47. The third kappa shape index (κ3) is 6.42. The molecule has 4 aromatic rings. The van der Waals surface area contributed by atoms with Crippen LogP contribution in [0.4, 0.5) is 11.6 Å². The van der Waals surface area contributed by atoms with Gasteiger partial charge in [0.1, 0.15) is 23.5 Å². The lowest BCUT2D eigenvalue weighted by Gasteiger charge is -2.16. The summed E-state index contributed by atoms with van der Waals surface area (Å²) < 4.78 is 36.9. The van der Waals surface area contributed by atoms with Gasteiger partial charge in [0.05, 0.1) is 10.5 Å².